The molecule has 2 heteroatoms. The van der Waals surface area contributed by atoms with Crippen molar-refractivity contribution in [1.82, 2.24) is 0 Å². The minimum Gasteiger partial charge on any atom is -0.379 e. The first kappa shape index (κ1) is 12.9. The van der Waals surface area contributed by atoms with Crippen molar-refractivity contribution in [2.75, 3.05) is 26.4 Å². The Morgan fingerprint density at radius 3 is 2.08 bits per heavy atom. The van der Waals surface area contributed by atoms with E-state index in [9.17, 15) is 0 Å². The Balaban J connectivity index is 3.16. The molecule has 0 aromatic carbocycles. The van der Waals surface area contributed by atoms with Crippen LogP contribution in [0.3, 0.4) is 0 Å². The third kappa shape index (κ3) is 8.26. The molecule has 0 aliphatic carbocycles. The second kappa shape index (κ2) is 7.34. The van der Waals surface area contributed by atoms with E-state index >= 15 is 0 Å². The molecule has 0 saturated heterocycles. The second-order valence-electron chi connectivity index (χ2n) is 4.18. The number of hydrogen-bond acceptors (Lipinski definition) is 2. The first-order chi connectivity index (χ1) is 6.12. The molecule has 0 aromatic rings. The highest BCUT2D eigenvalue weighted by atomic mass is 16.5. The summed E-state index contributed by atoms with van der Waals surface area (Å²) >= 11 is 0. The van der Waals surface area contributed by atoms with Crippen LogP contribution in [-0.2, 0) is 9.47 Å². The summed E-state index contributed by atoms with van der Waals surface area (Å²) in [6, 6.07) is 0. The lowest BCUT2D eigenvalue weighted by Crippen LogP contribution is -2.19. The van der Waals surface area contributed by atoms with Crippen LogP contribution < -0.4 is 0 Å². The smallest absolute Gasteiger partial charge is 0.0700 e. The van der Waals surface area contributed by atoms with Gasteiger partial charge in [0.2, 0.25) is 0 Å². The summed E-state index contributed by atoms with van der Waals surface area (Å²) in [5.41, 5.74) is 0.310. The summed E-state index contributed by atoms with van der Waals surface area (Å²) < 4.78 is 10.8. The average Bonchev–Trinajstić information content (AvgIpc) is 2.11. The predicted octanol–water partition coefficient (Wildman–Crippen LogP) is 2.87. The third-order valence-corrected chi connectivity index (χ3v) is 2.17. The highest BCUT2D eigenvalue weighted by Gasteiger charge is 2.14. The van der Waals surface area contributed by atoms with E-state index in [4.69, 9.17) is 9.47 Å². The van der Waals surface area contributed by atoms with Gasteiger partial charge in [0.05, 0.1) is 19.8 Å². The van der Waals surface area contributed by atoms with Gasteiger partial charge < -0.3 is 9.47 Å². The van der Waals surface area contributed by atoms with Gasteiger partial charge in [-0.3, -0.25) is 0 Å². The zero-order chi connectivity index (χ0) is 10.2. The van der Waals surface area contributed by atoms with Crippen molar-refractivity contribution in [3.05, 3.63) is 0 Å². The van der Waals surface area contributed by atoms with Crippen LogP contribution in [-0.4, -0.2) is 26.4 Å². The molecule has 0 heterocycles. The Labute approximate surface area is 82.6 Å². The molecule has 0 radical (unpaired) electrons. The van der Waals surface area contributed by atoms with Gasteiger partial charge in [-0.25, -0.2) is 0 Å². The fourth-order valence-corrected chi connectivity index (χ4v) is 0.815. The fraction of sp³-hybridized carbons (Fsp3) is 1.00. The van der Waals surface area contributed by atoms with Crippen LogP contribution in [0.4, 0.5) is 0 Å². The highest BCUT2D eigenvalue weighted by Crippen LogP contribution is 2.19. The molecule has 0 rings (SSSR count). The van der Waals surface area contributed by atoms with Crippen molar-refractivity contribution in [2.45, 2.75) is 40.5 Å². The van der Waals surface area contributed by atoms with Crippen molar-refractivity contribution >= 4 is 0 Å². The van der Waals surface area contributed by atoms with Crippen molar-refractivity contribution in [1.29, 1.82) is 0 Å². The van der Waals surface area contributed by atoms with Gasteiger partial charge >= 0.3 is 0 Å². The van der Waals surface area contributed by atoms with Crippen LogP contribution in [0.2, 0.25) is 0 Å². The molecular formula is C11H24O2. The van der Waals surface area contributed by atoms with Crippen LogP contribution >= 0.6 is 0 Å². The van der Waals surface area contributed by atoms with E-state index in [1.165, 1.54) is 0 Å². The second-order valence-corrected chi connectivity index (χ2v) is 4.18. The molecule has 2 nitrogen and oxygen atoms in total. The van der Waals surface area contributed by atoms with Crippen molar-refractivity contribution in [2.24, 2.45) is 5.41 Å². The monoisotopic (exact) mass is 188 g/mol. The van der Waals surface area contributed by atoms with E-state index < -0.39 is 0 Å². The molecule has 0 aliphatic rings. The molecule has 0 unspecified atom stereocenters. The lowest BCUT2D eigenvalue weighted by Gasteiger charge is -2.22. The van der Waals surface area contributed by atoms with E-state index in [1.54, 1.807) is 0 Å². The van der Waals surface area contributed by atoms with Crippen molar-refractivity contribution in [3.8, 4) is 0 Å². The van der Waals surface area contributed by atoms with Crippen molar-refractivity contribution in [3.63, 3.8) is 0 Å². The van der Waals surface area contributed by atoms with E-state index in [0.29, 0.717) is 5.41 Å². The quantitative estimate of drug-likeness (QED) is 0.545. The maximum atomic E-state index is 5.51. The summed E-state index contributed by atoms with van der Waals surface area (Å²) in [4.78, 5) is 0. The standard InChI is InChI=1S/C11H24O2/c1-5-7-12-8-9-13-10-11(3,4)6-2/h5-10H2,1-4H3. The molecule has 0 fully saturated rings. The van der Waals surface area contributed by atoms with Crippen molar-refractivity contribution < 1.29 is 9.47 Å². The van der Waals surface area contributed by atoms with E-state index in [0.717, 1.165) is 39.3 Å². The Kier molecular flexibility index (Phi) is 7.29. The largest absolute Gasteiger partial charge is 0.379 e. The van der Waals surface area contributed by atoms with E-state index in [-0.39, 0.29) is 0 Å². The maximum Gasteiger partial charge on any atom is 0.0700 e. The van der Waals surface area contributed by atoms with Gasteiger partial charge in [0, 0.05) is 6.61 Å². The van der Waals surface area contributed by atoms with E-state index in [1.807, 2.05) is 0 Å². The first-order valence-electron chi connectivity index (χ1n) is 5.28. The van der Waals surface area contributed by atoms with Crippen LogP contribution in [0.15, 0.2) is 0 Å². The Hall–Kier alpha value is -0.0800. The predicted molar refractivity (Wildman–Crippen MR) is 56.0 cm³/mol. The zero-order valence-corrected chi connectivity index (χ0v) is 9.56. The van der Waals surface area contributed by atoms with Gasteiger partial charge in [0.1, 0.15) is 0 Å². The van der Waals surface area contributed by atoms with Gasteiger partial charge in [-0.05, 0) is 18.3 Å². The SMILES string of the molecule is CCCOCCOCC(C)(C)CC. The highest BCUT2D eigenvalue weighted by molar-refractivity contribution is 4.64. The van der Waals surface area contributed by atoms with E-state index in [2.05, 4.69) is 27.7 Å². The molecule has 80 valence electrons. The first-order valence-corrected chi connectivity index (χ1v) is 5.28. The Morgan fingerprint density at radius 2 is 1.54 bits per heavy atom. The Bertz CT molecular complexity index is 111. The van der Waals surface area contributed by atoms with Crippen LogP contribution in [0.5, 0.6) is 0 Å². The van der Waals surface area contributed by atoms with Gasteiger partial charge in [-0.1, -0.05) is 27.7 Å². The molecule has 0 aliphatic heterocycles. The minimum absolute atomic E-state index is 0.310. The molecule has 0 spiro atoms. The molecule has 0 amide bonds. The molecular weight excluding hydrogens is 164 g/mol. The normalized spacial score (nSPS) is 12.0. The summed E-state index contributed by atoms with van der Waals surface area (Å²) in [5, 5.41) is 0. The summed E-state index contributed by atoms with van der Waals surface area (Å²) in [7, 11) is 0. The van der Waals surface area contributed by atoms with Gasteiger partial charge in [0.25, 0.3) is 0 Å². The van der Waals surface area contributed by atoms with Gasteiger partial charge in [-0.2, -0.15) is 0 Å². The molecule has 0 N–H and O–H groups in total. The molecule has 0 bridgehead atoms. The van der Waals surface area contributed by atoms with Crippen LogP contribution in [0.25, 0.3) is 0 Å². The topological polar surface area (TPSA) is 18.5 Å². The number of hydrogen-bond donors (Lipinski definition) is 0. The third-order valence-electron chi connectivity index (χ3n) is 2.17. The van der Waals surface area contributed by atoms with Crippen LogP contribution in [0.1, 0.15) is 40.5 Å². The average molecular weight is 188 g/mol. The van der Waals surface area contributed by atoms with Crippen LogP contribution in [0, 0.1) is 5.41 Å². The minimum atomic E-state index is 0.310. The lowest BCUT2D eigenvalue weighted by atomic mass is 9.92. The molecule has 13 heavy (non-hydrogen) atoms. The number of rotatable bonds is 8. The molecule has 0 saturated carbocycles. The maximum absolute atomic E-state index is 5.51. The van der Waals surface area contributed by atoms with Gasteiger partial charge in [0.15, 0.2) is 0 Å². The van der Waals surface area contributed by atoms with Gasteiger partial charge in [-0.15, -0.1) is 0 Å². The fourth-order valence-electron chi connectivity index (χ4n) is 0.815. The summed E-state index contributed by atoms with van der Waals surface area (Å²) in [5.74, 6) is 0. The summed E-state index contributed by atoms with van der Waals surface area (Å²) in [6.45, 7) is 11.9. The number of ether oxygens (including phenoxy) is 2. The molecule has 0 atom stereocenters. The lowest BCUT2D eigenvalue weighted by molar-refractivity contribution is 0.0140. The Morgan fingerprint density at radius 1 is 0.923 bits per heavy atom. The molecule has 0 aromatic heterocycles. The zero-order valence-electron chi connectivity index (χ0n) is 9.56. The summed E-state index contributed by atoms with van der Waals surface area (Å²) in [6.07, 6.45) is 2.24.